The van der Waals surface area contributed by atoms with Crippen molar-refractivity contribution < 1.29 is 19.4 Å². The highest BCUT2D eigenvalue weighted by molar-refractivity contribution is 5.73. The van der Waals surface area contributed by atoms with E-state index in [-0.39, 0.29) is 19.1 Å². The third-order valence-corrected chi connectivity index (χ3v) is 4.15. The number of hydrogen-bond donors (Lipinski definition) is 2. The molecule has 0 heterocycles. The topological polar surface area (TPSA) is 75.6 Å². The molecule has 0 aliphatic carbocycles. The molecule has 2 atom stereocenters. The number of nitrogens with one attached hydrogen (secondary N) is 1. The lowest BCUT2D eigenvalue weighted by Gasteiger charge is -2.23. The molecule has 0 bridgehead atoms. The van der Waals surface area contributed by atoms with Crippen molar-refractivity contribution in [2.75, 3.05) is 6.54 Å². The van der Waals surface area contributed by atoms with Gasteiger partial charge in [-0.25, -0.2) is 4.79 Å². The highest BCUT2D eigenvalue weighted by Gasteiger charge is 2.28. The summed E-state index contributed by atoms with van der Waals surface area (Å²) in [7, 11) is 0. The van der Waals surface area contributed by atoms with Crippen LogP contribution in [0, 0.1) is 5.92 Å². The quantitative estimate of drug-likeness (QED) is 0.765. The molecular formula is C20H23NO4. The third-order valence-electron chi connectivity index (χ3n) is 4.15. The molecule has 0 aromatic heterocycles. The number of aliphatic carboxylic acids is 1. The van der Waals surface area contributed by atoms with E-state index in [1.165, 1.54) is 0 Å². The number of carbonyl (C=O) groups excluding carboxylic acids is 1. The molecule has 1 amide bonds. The maximum absolute atomic E-state index is 11.9. The minimum absolute atomic E-state index is 0.0242. The zero-order chi connectivity index (χ0) is 18.1. The number of benzene rings is 2. The maximum atomic E-state index is 11.9. The van der Waals surface area contributed by atoms with Gasteiger partial charge in [0.05, 0.1) is 5.92 Å². The van der Waals surface area contributed by atoms with E-state index in [1.807, 2.05) is 67.6 Å². The molecule has 0 unspecified atom stereocenters. The third kappa shape index (κ3) is 5.64. The summed E-state index contributed by atoms with van der Waals surface area (Å²) in [6, 6.07) is 18.8. The number of rotatable bonds is 8. The van der Waals surface area contributed by atoms with Crippen molar-refractivity contribution in [2.45, 2.75) is 25.9 Å². The van der Waals surface area contributed by atoms with Crippen LogP contribution in [0.4, 0.5) is 4.79 Å². The van der Waals surface area contributed by atoms with E-state index in [2.05, 4.69) is 5.32 Å². The number of hydrogen-bond acceptors (Lipinski definition) is 3. The molecule has 0 radical (unpaired) electrons. The van der Waals surface area contributed by atoms with Gasteiger partial charge in [0.1, 0.15) is 6.61 Å². The van der Waals surface area contributed by atoms with Crippen LogP contribution < -0.4 is 5.32 Å². The molecule has 0 aliphatic rings. The fourth-order valence-electron chi connectivity index (χ4n) is 2.82. The summed E-state index contributed by atoms with van der Waals surface area (Å²) in [4.78, 5) is 23.5. The number of carboxylic acids is 1. The van der Waals surface area contributed by atoms with Crippen molar-refractivity contribution in [3.05, 3.63) is 71.8 Å². The van der Waals surface area contributed by atoms with E-state index in [0.29, 0.717) is 6.42 Å². The summed E-state index contributed by atoms with van der Waals surface area (Å²) in [6.07, 6.45) is 0.0554. The van der Waals surface area contributed by atoms with Crippen molar-refractivity contribution in [3.63, 3.8) is 0 Å². The Labute approximate surface area is 147 Å². The van der Waals surface area contributed by atoms with Crippen molar-refractivity contribution >= 4 is 12.1 Å². The van der Waals surface area contributed by atoms with Gasteiger partial charge >= 0.3 is 12.1 Å². The molecule has 0 spiro atoms. The summed E-state index contributed by atoms with van der Waals surface area (Å²) < 4.78 is 5.13. The van der Waals surface area contributed by atoms with Gasteiger partial charge in [-0.2, -0.15) is 0 Å². The van der Waals surface area contributed by atoms with Gasteiger partial charge in [-0.3, -0.25) is 4.79 Å². The molecule has 0 aliphatic heterocycles. The molecule has 2 aromatic carbocycles. The Hall–Kier alpha value is -2.82. The predicted octanol–water partition coefficient (Wildman–Crippen LogP) is 3.81. The number of amides is 1. The average molecular weight is 341 g/mol. The highest BCUT2D eigenvalue weighted by atomic mass is 16.5. The Morgan fingerprint density at radius 2 is 1.64 bits per heavy atom. The minimum Gasteiger partial charge on any atom is -0.481 e. The van der Waals surface area contributed by atoms with Gasteiger partial charge in [-0.05, 0) is 23.5 Å². The second-order valence-electron chi connectivity index (χ2n) is 5.81. The van der Waals surface area contributed by atoms with Gasteiger partial charge < -0.3 is 15.2 Å². The molecule has 0 saturated carbocycles. The minimum atomic E-state index is -0.931. The van der Waals surface area contributed by atoms with Gasteiger partial charge in [0.15, 0.2) is 0 Å². The molecule has 0 saturated heterocycles. The second-order valence-corrected chi connectivity index (χ2v) is 5.81. The van der Waals surface area contributed by atoms with Gasteiger partial charge in [0, 0.05) is 6.54 Å². The van der Waals surface area contributed by atoms with Crippen LogP contribution in [0.1, 0.15) is 30.4 Å². The Morgan fingerprint density at radius 3 is 2.20 bits per heavy atom. The Bertz CT molecular complexity index is 673. The summed E-state index contributed by atoms with van der Waals surface area (Å²) >= 11 is 0. The maximum Gasteiger partial charge on any atom is 0.407 e. The normalized spacial score (nSPS) is 12.8. The molecular weight excluding hydrogens is 318 g/mol. The van der Waals surface area contributed by atoms with E-state index in [0.717, 1.165) is 11.1 Å². The fraction of sp³-hybridized carbons (Fsp3) is 0.300. The van der Waals surface area contributed by atoms with Crippen LogP contribution in [0.25, 0.3) is 0 Å². The van der Waals surface area contributed by atoms with Gasteiger partial charge in [-0.15, -0.1) is 0 Å². The first-order valence-corrected chi connectivity index (χ1v) is 8.34. The van der Waals surface area contributed by atoms with Crippen LogP contribution in [0.5, 0.6) is 0 Å². The van der Waals surface area contributed by atoms with Gasteiger partial charge in [-0.1, -0.05) is 67.6 Å². The number of carboxylic acid groups (broad SMARTS) is 1. The van der Waals surface area contributed by atoms with E-state index < -0.39 is 18.0 Å². The lowest BCUT2D eigenvalue weighted by molar-refractivity contribution is -0.142. The van der Waals surface area contributed by atoms with Crippen LogP contribution in [0.2, 0.25) is 0 Å². The molecule has 2 aromatic rings. The average Bonchev–Trinajstić information content (AvgIpc) is 2.64. The lowest BCUT2D eigenvalue weighted by Crippen LogP contribution is -2.36. The molecule has 5 heteroatoms. The largest absolute Gasteiger partial charge is 0.481 e. The van der Waals surface area contributed by atoms with E-state index in [4.69, 9.17) is 4.74 Å². The standard InChI is InChI=1S/C20H23NO4/c1-2-17(16-11-7-4-8-12-16)18(19(22)23)13-21-20(24)25-14-15-9-5-3-6-10-15/h3-12,17-18H,2,13-14H2,1H3,(H,21,24)(H,22,23)/t17-,18+/m0/s1. The zero-order valence-electron chi connectivity index (χ0n) is 14.2. The van der Waals surface area contributed by atoms with Crippen LogP contribution in [0.3, 0.4) is 0 Å². The zero-order valence-corrected chi connectivity index (χ0v) is 14.2. The molecule has 25 heavy (non-hydrogen) atoms. The first-order valence-electron chi connectivity index (χ1n) is 8.34. The van der Waals surface area contributed by atoms with E-state index >= 15 is 0 Å². The van der Waals surface area contributed by atoms with Crippen LogP contribution in [-0.2, 0) is 16.1 Å². The predicted molar refractivity (Wildman–Crippen MR) is 95.2 cm³/mol. The molecule has 132 valence electrons. The Morgan fingerprint density at radius 1 is 1.04 bits per heavy atom. The van der Waals surface area contributed by atoms with Crippen molar-refractivity contribution in [3.8, 4) is 0 Å². The molecule has 5 nitrogen and oxygen atoms in total. The number of carbonyl (C=O) groups is 2. The first kappa shape index (κ1) is 18.5. The number of ether oxygens (including phenoxy) is 1. The van der Waals surface area contributed by atoms with Crippen molar-refractivity contribution in [1.82, 2.24) is 5.32 Å². The fourth-order valence-corrected chi connectivity index (χ4v) is 2.82. The van der Waals surface area contributed by atoms with E-state index in [1.54, 1.807) is 0 Å². The summed E-state index contributed by atoms with van der Waals surface area (Å²) in [5, 5.41) is 12.1. The van der Waals surface area contributed by atoms with Crippen molar-refractivity contribution in [2.24, 2.45) is 5.92 Å². The molecule has 0 fully saturated rings. The number of alkyl carbamates (subject to hydrolysis) is 1. The lowest BCUT2D eigenvalue weighted by atomic mass is 9.84. The van der Waals surface area contributed by atoms with E-state index in [9.17, 15) is 14.7 Å². The summed E-state index contributed by atoms with van der Waals surface area (Å²) in [6.45, 7) is 2.12. The van der Waals surface area contributed by atoms with Crippen LogP contribution in [0.15, 0.2) is 60.7 Å². The summed E-state index contributed by atoms with van der Waals surface area (Å²) in [5.74, 6) is -1.82. The Balaban J connectivity index is 1.92. The Kier molecular flexibility index (Phi) is 7.01. The van der Waals surface area contributed by atoms with Gasteiger partial charge in [0.2, 0.25) is 0 Å². The molecule has 2 N–H and O–H groups in total. The second kappa shape index (κ2) is 9.47. The van der Waals surface area contributed by atoms with Crippen LogP contribution >= 0.6 is 0 Å². The smallest absolute Gasteiger partial charge is 0.407 e. The monoisotopic (exact) mass is 341 g/mol. The van der Waals surface area contributed by atoms with Gasteiger partial charge in [0.25, 0.3) is 0 Å². The summed E-state index contributed by atoms with van der Waals surface area (Å²) in [5.41, 5.74) is 1.83. The first-order chi connectivity index (χ1) is 12.1. The SMILES string of the molecule is CC[C@@H](c1ccccc1)[C@@H](CNC(=O)OCc1ccccc1)C(=O)O. The van der Waals surface area contributed by atoms with Crippen LogP contribution in [-0.4, -0.2) is 23.7 Å². The molecule has 2 rings (SSSR count). The van der Waals surface area contributed by atoms with Crippen molar-refractivity contribution in [1.29, 1.82) is 0 Å². The highest BCUT2D eigenvalue weighted by Crippen LogP contribution is 2.28.